The number of benzene rings is 1. The number of fused-ring (bicyclic) bond motifs is 1. The van der Waals surface area contributed by atoms with E-state index >= 15 is 0 Å². The van der Waals surface area contributed by atoms with Gasteiger partial charge >= 0.3 is 0 Å². The Hall–Kier alpha value is -2.25. The van der Waals surface area contributed by atoms with E-state index in [9.17, 15) is 14.4 Å². The van der Waals surface area contributed by atoms with Crippen molar-refractivity contribution in [3.63, 3.8) is 0 Å². The van der Waals surface area contributed by atoms with Crippen LogP contribution >= 0.6 is 0 Å². The Bertz CT molecular complexity index is 869. The van der Waals surface area contributed by atoms with Gasteiger partial charge < -0.3 is 10.2 Å². The first kappa shape index (κ1) is 19.7. The maximum atomic E-state index is 13.1. The molecule has 0 radical (unpaired) electrons. The molecule has 3 fully saturated rings. The first-order valence-corrected chi connectivity index (χ1v) is 11.3. The average Bonchev–Trinajstić information content (AvgIpc) is 3.06. The van der Waals surface area contributed by atoms with Gasteiger partial charge in [-0.25, -0.2) is 0 Å². The SMILES string of the molecule is O=C1CCC(N2Cc3ccc(CN4CCNCC45CCCCC5)cc3C2=O)C(=O)N1. The number of rotatable bonds is 3. The van der Waals surface area contributed by atoms with E-state index in [-0.39, 0.29) is 29.7 Å². The Labute approximate surface area is 177 Å². The minimum absolute atomic E-state index is 0.0889. The highest BCUT2D eigenvalue weighted by atomic mass is 16.2. The predicted molar refractivity (Wildman–Crippen MR) is 112 cm³/mol. The molecular weight excluding hydrogens is 380 g/mol. The minimum atomic E-state index is -0.551. The summed E-state index contributed by atoms with van der Waals surface area (Å²) in [6.45, 7) is 4.40. The van der Waals surface area contributed by atoms with Gasteiger partial charge in [0.05, 0.1) is 0 Å². The van der Waals surface area contributed by atoms with Crippen molar-refractivity contribution in [3.05, 3.63) is 34.9 Å². The van der Waals surface area contributed by atoms with Crippen molar-refractivity contribution in [1.29, 1.82) is 0 Å². The van der Waals surface area contributed by atoms with Crippen molar-refractivity contribution < 1.29 is 14.4 Å². The normalized spacial score (nSPS) is 26.7. The van der Waals surface area contributed by atoms with Crippen LogP contribution in [0.1, 0.15) is 66.4 Å². The fourth-order valence-electron chi connectivity index (χ4n) is 5.75. The van der Waals surface area contributed by atoms with Crippen molar-refractivity contribution in [3.8, 4) is 0 Å². The number of carbonyl (C=O) groups excluding carboxylic acids is 3. The van der Waals surface area contributed by atoms with Crippen LogP contribution in [0.4, 0.5) is 0 Å². The Morgan fingerprint density at radius 2 is 1.93 bits per heavy atom. The van der Waals surface area contributed by atoms with Gasteiger partial charge in [0.1, 0.15) is 6.04 Å². The molecule has 5 rings (SSSR count). The van der Waals surface area contributed by atoms with Gasteiger partial charge in [-0.15, -0.1) is 0 Å². The van der Waals surface area contributed by atoms with E-state index in [2.05, 4.69) is 21.6 Å². The second-order valence-electron chi connectivity index (χ2n) is 9.27. The summed E-state index contributed by atoms with van der Waals surface area (Å²) in [5.74, 6) is -0.697. The summed E-state index contributed by atoms with van der Waals surface area (Å²) in [5.41, 5.74) is 3.10. The van der Waals surface area contributed by atoms with Gasteiger partial charge in [-0.3, -0.25) is 24.6 Å². The number of nitrogens with zero attached hydrogens (tertiary/aromatic N) is 2. The lowest BCUT2D eigenvalue weighted by atomic mass is 9.79. The third-order valence-corrected chi connectivity index (χ3v) is 7.43. The van der Waals surface area contributed by atoms with Crippen LogP contribution in [0.5, 0.6) is 0 Å². The molecule has 1 aromatic carbocycles. The summed E-state index contributed by atoms with van der Waals surface area (Å²) in [7, 11) is 0. The van der Waals surface area contributed by atoms with Crippen LogP contribution in [-0.4, -0.2) is 58.7 Å². The van der Waals surface area contributed by atoms with Gasteiger partial charge in [-0.1, -0.05) is 31.4 Å². The molecule has 1 unspecified atom stereocenters. The van der Waals surface area contributed by atoms with Crippen molar-refractivity contribution in [1.82, 2.24) is 20.4 Å². The maximum absolute atomic E-state index is 13.1. The zero-order valence-electron chi connectivity index (χ0n) is 17.4. The predicted octanol–water partition coefficient (Wildman–Crippen LogP) is 1.56. The van der Waals surface area contributed by atoms with E-state index in [1.165, 1.54) is 37.7 Å². The molecule has 1 saturated carbocycles. The zero-order chi connectivity index (χ0) is 20.7. The first-order chi connectivity index (χ1) is 14.6. The van der Waals surface area contributed by atoms with Crippen molar-refractivity contribution in [2.75, 3.05) is 19.6 Å². The lowest BCUT2D eigenvalue weighted by Crippen LogP contribution is -2.61. The molecule has 4 aliphatic rings. The fourth-order valence-corrected chi connectivity index (χ4v) is 5.75. The highest BCUT2D eigenvalue weighted by Crippen LogP contribution is 2.36. The fraction of sp³-hybridized carbons (Fsp3) is 0.609. The second kappa shape index (κ2) is 7.78. The Balaban J connectivity index is 1.33. The van der Waals surface area contributed by atoms with E-state index in [1.807, 2.05) is 12.1 Å². The summed E-state index contributed by atoms with van der Waals surface area (Å²) >= 11 is 0. The molecule has 1 spiro atoms. The Kier molecular flexibility index (Phi) is 5.11. The van der Waals surface area contributed by atoms with Crippen LogP contribution in [0.2, 0.25) is 0 Å². The zero-order valence-corrected chi connectivity index (χ0v) is 17.4. The van der Waals surface area contributed by atoms with Crippen molar-refractivity contribution >= 4 is 17.7 Å². The van der Waals surface area contributed by atoms with Gasteiger partial charge in [0.2, 0.25) is 11.8 Å². The maximum Gasteiger partial charge on any atom is 0.255 e. The monoisotopic (exact) mass is 410 g/mol. The second-order valence-corrected chi connectivity index (χ2v) is 9.27. The molecule has 7 nitrogen and oxygen atoms in total. The Morgan fingerprint density at radius 1 is 1.10 bits per heavy atom. The number of amides is 3. The average molecular weight is 411 g/mol. The van der Waals surface area contributed by atoms with E-state index < -0.39 is 6.04 Å². The molecule has 160 valence electrons. The molecule has 7 heteroatoms. The third kappa shape index (κ3) is 3.44. The van der Waals surface area contributed by atoms with Crippen LogP contribution in [0.15, 0.2) is 18.2 Å². The lowest BCUT2D eigenvalue weighted by molar-refractivity contribution is -0.136. The third-order valence-electron chi connectivity index (χ3n) is 7.43. The molecule has 3 aliphatic heterocycles. The van der Waals surface area contributed by atoms with Gasteiger partial charge in [0, 0.05) is 50.2 Å². The smallest absolute Gasteiger partial charge is 0.255 e. The van der Waals surface area contributed by atoms with Gasteiger partial charge in [-0.2, -0.15) is 0 Å². The van der Waals surface area contributed by atoms with Crippen LogP contribution < -0.4 is 10.6 Å². The number of piperidine rings is 1. The van der Waals surface area contributed by atoms with E-state index in [1.54, 1.807) is 4.90 Å². The van der Waals surface area contributed by atoms with Crippen molar-refractivity contribution in [2.45, 2.75) is 69.6 Å². The van der Waals surface area contributed by atoms with Gasteiger partial charge in [0.25, 0.3) is 5.91 Å². The van der Waals surface area contributed by atoms with Crippen molar-refractivity contribution in [2.24, 2.45) is 0 Å². The number of carbonyl (C=O) groups is 3. The molecule has 2 N–H and O–H groups in total. The topological polar surface area (TPSA) is 81.8 Å². The quantitative estimate of drug-likeness (QED) is 0.739. The summed E-state index contributed by atoms with van der Waals surface area (Å²) in [6.07, 6.45) is 7.09. The highest BCUT2D eigenvalue weighted by Gasteiger charge is 2.41. The number of hydrogen-bond donors (Lipinski definition) is 2. The summed E-state index contributed by atoms with van der Waals surface area (Å²) in [6, 6.07) is 5.66. The van der Waals surface area contributed by atoms with Crippen LogP contribution in [0.3, 0.4) is 0 Å². The number of nitrogens with one attached hydrogen (secondary N) is 2. The number of piperazine rings is 1. The summed E-state index contributed by atoms with van der Waals surface area (Å²) in [5, 5.41) is 5.96. The van der Waals surface area contributed by atoms with Crippen LogP contribution in [0.25, 0.3) is 0 Å². The molecule has 1 aromatic rings. The highest BCUT2D eigenvalue weighted by molar-refractivity contribution is 6.05. The number of imide groups is 1. The molecule has 2 saturated heterocycles. The molecule has 3 heterocycles. The summed E-state index contributed by atoms with van der Waals surface area (Å²) < 4.78 is 0. The number of hydrogen-bond acceptors (Lipinski definition) is 5. The molecule has 1 aliphatic carbocycles. The van der Waals surface area contributed by atoms with E-state index in [4.69, 9.17) is 0 Å². The molecule has 1 atom stereocenters. The summed E-state index contributed by atoms with van der Waals surface area (Å²) in [4.78, 5) is 41.1. The van der Waals surface area contributed by atoms with Gasteiger partial charge in [0.15, 0.2) is 0 Å². The minimum Gasteiger partial charge on any atom is -0.322 e. The van der Waals surface area contributed by atoms with Crippen LogP contribution in [0, 0.1) is 0 Å². The molecule has 0 bridgehead atoms. The first-order valence-electron chi connectivity index (χ1n) is 11.3. The molecule has 3 amide bonds. The van der Waals surface area contributed by atoms with E-state index in [0.717, 1.165) is 31.7 Å². The molecule has 0 aromatic heterocycles. The van der Waals surface area contributed by atoms with Crippen LogP contribution in [-0.2, 0) is 22.7 Å². The molecule has 30 heavy (non-hydrogen) atoms. The van der Waals surface area contributed by atoms with E-state index in [0.29, 0.717) is 18.5 Å². The standard InChI is InChI=1S/C23H30N4O3/c28-20-7-6-19(21(29)25-20)27-14-17-5-4-16(12-18(17)22(27)30)13-26-11-10-24-15-23(26)8-2-1-3-9-23/h4-5,12,19,24H,1-3,6-11,13-15H2,(H,25,28,29). The lowest BCUT2D eigenvalue weighted by Gasteiger charge is -2.50. The largest absolute Gasteiger partial charge is 0.322 e. The van der Waals surface area contributed by atoms with Gasteiger partial charge in [-0.05, 0) is 36.5 Å². The molecular formula is C23H30N4O3. The Morgan fingerprint density at radius 3 is 2.73 bits per heavy atom.